The van der Waals surface area contributed by atoms with E-state index in [9.17, 15) is 4.39 Å². The lowest BCUT2D eigenvalue weighted by Crippen LogP contribution is -2.13. The molecule has 0 saturated heterocycles. The van der Waals surface area contributed by atoms with Gasteiger partial charge in [0.25, 0.3) is 0 Å². The van der Waals surface area contributed by atoms with Crippen molar-refractivity contribution in [2.24, 2.45) is 0 Å². The highest BCUT2D eigenvalue weighted by Gasteiger charge is 2.01. The smallest absolute Gasteiger partial charge is 0.124 e. The number of halogens is 1. The van der Waals surface area contributed by atoms with Crippen LogP contribution in [-0.4, -0.2) is 26.0 Å². The van der Waals surface area contributed by atoms with Crippen LogP contribution in [0.4, 0.5) is 4.39 Å². The Hall–Kier alpha value is -0.580. The van der Waals surface area contributed by atoms with Gasteiger partial charge in [-0.3, -0.25) is 0 Å². The van der Waals surface area contributed by atoms with Crippen molar-refractivity contribution >= 4 is 11.8 Å². The first kappa shape index (κ1) is 15.5. The van der Waals surface area contributed by atoms with Crippen LogP contribution in [0.25, 0.3) is 0 Å². The van der Waals surface area contributed by atoms with E-state index in [1.165, 1.54) is 0 Å². The van der Waals surface area contributed by atoms with Crippen molar-refractivity contribution < 1.29 is 9.13 Å². The number of hydrogen-bond acceptors (Lipinski definition) is 3. The van der Waals surface area contributed by atoms with E-state index in [-0.39, 0.29) is 5.82 Å². The summed E-state index contributed by atoms with van der Waals surface area (Å²) in [4.78, 5) is 0.999. The number of thioether (sulfide) groups is 1. The van der Waals surface area contributed by atoms with Gasteiger partial charge >= 0.3 is 0 Å². The van der Waals surface area contributed by atoms with E-state index in [1.807, 2.05) is 0 Å². The third kappa shape index (κ3) is 6.38. The molecule has 1 aromatic rings. The standard InChI is InChI=1S/C14H22FNOS/c1-3-5-16-11-12-8-13(15)10-14(9-12)18-7-4-6-17-2/h8-10,16H,3-7,11H2,1-2H3. The molecule has 0 radical (unpaired) electrons. The lowest BCUT2D eigenvalue weighted by atomic mass is 10.2. The quantitative estimate of drug-likeness (QED) is 0.549. The van der Waals surface area contributed by atoms with Gasteiger partial charge in [0.2, 0.25) is 0 Å². The first-order valence-corrected chi connectivity index (χ1v) is 7.36. The lowest BCUT2D eigenvalue weighted by Gasteiger charge is -2.07. The Morgan fingerprint density at radius 1 is 1.33 bits per heavy atom. The Balaban J connectivity index is 2.46. The number of rotatable bonds is 9. The van der Waals surface area contributed by atoms with E-state index in [0.29, 0.717) is 0 Å². The van der Waals surface area contributed by atoms with Gasteiger partial charge in [-0.25, -0.2) is 4.39 Å². The van der Waals surface area contributed by atoms with Gasteiger partial charge in [-0.15, -0.1) is 11.8 Å². The highest BCUT2D eigenvalue weighted by atomic mass is 32.2. The molecule has 0 aromatic heterocycles. The van der Waals surface area contributed by atoms with Crippen molar-refractivity contribution in [3.63, 3.8) is 0 Å². The topological polar surface area (TPSA) is 21.3 Å². The molecule has 0 bridgehead atoms. The predicted octanol–water partition coefficient (Wildman–Crippen LogP) is 3.45. The Kier molecular flexibility index (Phi) is 8.05. The number of benzene rings is 1. The van der Waals surface area contributed by atoms with Crippen molar-refractivity contribution in [3.8, 4) is 0 Å². The summed E-state index contributed by atoms with van der Waals surface area (Å²) in [6.45, 7) is 4.58. The minimum absolute atomic E-state index is 0.153. The molecular weight excluding hydrogens is 249 g/mol. The average Bonchev–Trinajstić information content (AvgIpc) is 2.34. The van der Waals surface area contributed by atoms with Crippen molar-refractivity contribution in [1.29, 1.82) is 0 Å². The maximum Gasteiger partial charge on any atom is 0.124 e. The fourth-order valence-corrected chi connectivity index (χ4v) is 2.54. The summed E-state index contributed by atoms with van der Waals surface area (Å²) >= 11 is 1.68. The zero-order chi connectivity index (χ0) is 13.2. The lowest BCUT2D eigenvalue weighted by molar-refractivity contribution is 0.200. The molecule has 2 nitrogen and oxygen atoms in total. The minimum atomic E-state index is -0.153. The molecule has 1 N–H and O–H groups in total. The first-order chi connectivity index (χ1) is 8.76. The predicted molar refractivity (Wildman–Crippen MR) is 75.6 cm³/mol. The Labute approximate surface area is 113 Å². The maximum absolute atomic E-state index is 13.4. The molecule has 0 amide bonds. The Bertz CT molecular complexity index is 347. The number of hydrogen-bond donors (Lipinski definition) is 1. The monoisotopic (exact) mass is 271 g/mol. The van der Waals surface area contributed by atoms with Gasteiger partial charge in [-0.2, -0.15) is 0 Å². The third-order valence-corrected chi connectivity index (χ3v) is 3.51. The highest BCUT2D eigenvalue weighted by molar-refractivity contribution is 7.99. The van der Waals surface area contributed by atoms with Gasteiger partial charge in [0.15, 0.2) is 0 Å². The van der Waals surface area contributed by atoms with Gasteiger partial charge in [0.1, 0.15) is 5.82 Å². The molecule has 1 aromatic carbocycles. The van der Waals surface area contributed by atoms with Crippen LogP contribution in [0.3, 0.4) is 0 Å². The number of nitrogens with one attached hydrogen (secondary N) is 1. The molecule has 102 valence electrons. The molecule has 0 atom stereocenters. The fourth-order valence-electron chi connectivity index (χ4n) is 1.61. The molecule has 4 heteroatoms. The summed E-state index contributed by atoms with van der Waals surface area (Å²) in [5, 5.41) is 3.29. The van der Waals surface area contributed by atoms with E-state index in [0.717, 1.165) is 48.7 Å². The minimum Gasteiger partial charge on any atom is -0.385 e. The van der Waals surface area contributed by atoms with Crippen LogP contribution < -0.4 is 5.32 Å². The van der Waals surface area contributed by atoms with Gasteiger partial charge in [0.05, 0.1) is 0 Å². The zero-order valence-electron chi connectivity index (χ0n) is 11.2. The van der Waals surface area contributed by atoms with E-state index >= 15 is 0 Å². The molecule has 18 heavy (non-hydrogen) atoms. The van der Waals surface area contributed by atoms with Gasteiger partial charge in [-0.1, -0.05) is 6.92 Å². The molecular formula is C14H22FNOS. The normalized spacial score (nSPS) is 10.8. The van der Waals surface area contributed by atoms with Crippen LogP contribution in [0.15, 0.2) is 23.1 Å². The van der Waals surface area contributed by atoms with Crippen molar-refractivity contribution in [1.82, 2.24) is 5.32 Å². The molecule has 0 unspecified atom stereocenters. The van der Waals surface area contributed by atoms with Crippen LogP contribution in [0.5, 0.6) is 0 Å². The molecule has 0 aliphatic carbocycles. The average molecular weight is 271 g/mol. The van der Waals surface area contributed by atoms with E-state index in [4.69, 9.17) is 4.74 Å². The second-order valence-electron chi connectivity index (χ2n) is 4.17. The van der Waals surface area contributed by atoms with Crippen LogP contribution in [-0.2, 0) is 11.3 Å². The first-order valence-electron chi connectivity index (χ1n) is 6.38. The fraction of sp³-hybridized carbons (Fsp3) is 0.571. The van der Waals surface area contributed by atoms with Gasteiger partial charge in [-0.05, 0) is 43.1 Å². The van der Waals surface area contributed by atoms with Crippen LogP contribution in [0.1, 0.15) is 25.3 Å². The second-order valence-corrected chi connectivity index (χ2v) is 5.34. The summed E-state index contributed by atoms with van der Waals surface area (Å²) in [6, 6.07) is 5.26. The Morgan fingerprint density at radius 2 is 2.17 bits per heavy atom. The molecule has 0 saturated carbocycles. The SMILES string of the molecule is CCCNCc1cc(F)cc(SCCCOC)c1. The van der Waals surface area contributed by atoms with E-state index < -0.39 is 0 Å². The van der Waals surface area contributed by atoms with Gasteiger partial charge < -0.3 is 10.1 Å². The molecule has 0 spiro atoms. The maximum atomic E-state index is 13.4. The molecule has 0 fully saturated rings. The number of methoxy groups -OCH3 is 1. The third-order valence-electron chi connectivity index (χ3n) is 2.45. The summed E-state index contributed by atoms with van der Waals surface area (Å²) in [5.41, 5.74) is 1.01. The highest BCUT2D eigenvalue weighted by Crippen LogP contribution is 2.21. The summed E-state index contributed by atoms with van der Waals surface area (Å²) in [5.74, 6) is 0.805. The molecule has 0 aliphatic rings. The summed E-state index contributed by atoms with van der Waals surface area (Å²) < 4.78 is 18.4. The second kappa shape index (κ2) is 9.36. The summed E-state index contributed by atoms with van der Waals surface area (Å²) in [6.07, 6.45) is 2.08. The largest absolute Gasteiger partial charge is 0.385 e. The van der Waals surface area contributed by atoms with Crippen molar-refractivity contribution in [2.75, 3.05) is 26.0 Å². The van der Waals surface area contributed by atoms with Crippen LogP contribution >= 0.6 is 11.8 Å². The van der Waals surface area contributed by atoms with Crippen molar-refractivity contribution in [3.05, 3.63) is 29.6 Å². The van der Waals surface area contributed by atoms with Gasteiger partial charge in [0, 0.05) is 30.9 Å². The molecule has 1 rings (SSSR count). The number of ether oxygens (including phenoxy) is 1. The van der Waals surface area contributed by atoms with Crippen LogP contribution in [0.2, 0.25) is 0 Å². The van der Waals surface area contributed by atoms with Crippen molar-refractivity contribution in [2.45, 2.75) is 31.2 Å². The zero-order valence-corrected chi connectivity index (χ0v) is 12.0. The summed E-state index contributed by atoms with van der Waals surface area (Å²) in [7, 11) is 1.70. The molecule has 0 aliphatic heterocycles. The molecule has 0 heterocycles. The van der Waals surface area contributed by atoms with E-state index in [1.54, 1.807) is 31.0 Å². The van der Waals surface area contributed by atoms with Crippen LogP contribution in [0, 0.1) is 5.82 Å². The van der Waals surface area contributed by atoms with E-state index in [2.05, 4.69) is 18.3 Å². The Morgan fingerprint density at radius 3 is 2.89 bits per heavy atom.